The highest BCUT2D eigenvalue weighted by Crippen LogP contribution is 2.33. The van der Waals surface area contributed by atoms with Gasteiger partial charge in [0.2, 0.25) is 0 Å². The van der Waals surface area contributed by atoms with Crippen LogP contribution in [0.2, 0.25) is 0 Å². The maximum Gasteiger partial charge on any atom is 0.0992 e. The van der Waals surface area contributed by atoms with E-state index in [4.69, 9.17) is 4.98 Å². The minimum atomic E-state index is 0.143. The highest BCUT2D eigenvalue weighted by molar-refractivity contribution is 7.18. The molecule has 0 saturated carbocycles. The van der Waals surface area contributed by atoms with E-state index in [1.807, 2.05) is 11.3 Å². The van der Waals surface area contributed by atoms with Crippen LogP contribution in [0.3, 0.4) is 0 Å². The zero-order chi connectivity index (χ0) is 14.2. The SMILES string of the molecule is CC(C)(C)c1nc2c(CC3CCCCN3)cccc2s1. The Morgan fingerprint density at radius 2 is 2.15 bits per heavy atom. The van der Waals surface area contributed by atoms with Crippen molar-refractivity contribution in [3.8, 4) is 0 Å². The number of hydrogen-bond acceptors (Lipinski definition) is 3. The third-order valence-corrected chi connectivity index (χ3v) is 5.47. The van der Waals surface area contributed by atoms with Crippen molar-refractivity contribution in [2.24, 2.45) is 0 Å². The van der Waals surface area contributed by atoms with Crippen LogP contribution in [0.1, 0.15) is 50.6 Å². The van der Waals surface area contributed by atoms with E-state index in [2.05, 4.69) is 44.3 Å². The van der Waals surface area contributed by atoms with Crippen molar-refractivity contribution in [3.05, 3.63) is 28.8 Å². The van der Waals surface area contributed by atoms with Gasteiger partial charge in [0.05, 0.1) is 15.2 Å². The molecule has 1 aromatic carbocycles. The molecule has 108 valence electrons. The first-order chi connectivity index (χ1) is 9.54. The van der Waals surface area contributed by atoms with Gasteiger partial charge in [-0.25, -0.2) is 4.98 Å². The van der Waals surface area contributed by atoms with Gasteiger partial charge in [-0.05, 0) is 37.4 Å². The molecule has 1 unspecified atom stereocenters. The van der Waals surface area contributed by atoms with E-state index >= 15 is 0 Å². The molecule has 1 saturated heterocycles. The van der Waals surface area contributed by atoms with Gasteiger partial charge in [-0.2, -0.15) is 0 Å². The van der Waals surface area contributed by atoms with Crippen LogP contribution in [-0.4, -0.2) is 17.6 Å². The van der Waals surface area contributed by atoms with E-state index in [0.29, 0.717) is 6.04 Å². The van der Waals surface area contributed by atoms with Crippen LogP contribution in [-0.2, 0) is 11.8 Å². The molecule has 0 bridgehead atoms. The number of aromatic nitrogens is 1. The Balaban J connectivity index is 1.92. The Morgan fingerprint density at radius 1 is 1.30 bits per heavy atom. The van der Waals surface area contributed by atoms with E-state index in [0.717, 1.165) is 6.42 Å². The number of thiazole rings is 1. The fourth-order valence-electron chi connectivity index (χ4n) is 2.85. The molecule has 3 rings (SSSR count). The van der Waals surface area contributed by atoms with Crippen molar-refractivity contribution in [2.75, 3.05) is 6.54 Å². The third kappa shape index (κ3) is 2.89. The van der Waals surface area contributed by atoms with Crippen LogP contribution in [0.25, 0.3) is 10.2 Å². The van der Waals surface area contributed by atoms with Gasteiger partial charge in [0, 0.05) is 11.5 Å². The summed E-state index contributed by atoms with van der Waals surface area (Å²) in [6.07, 6.45) is 5.10. The lowest BCUT2D eigenvalue weighted by Gasteiger charge is -2.23. The van der Waals surface area contributed by atoms with Gasteiger partial charge in [0.15, 0.2) is 0 Å². The summed E-state index contributed by atoms with van der Waals surface area (Å²) in [5, 5.41) is 4.89. The lowest BCUT2D eigenvalue weighted by Crippen LogP contribution is -2.35. The summed E-state index contributed by atoms with van der Waals surface area (Å²) in [7, 11) is 0. The predicted molar refractivity (Wildman–Crippen MR) is 87.7 cm³/mol. The Bertz CT molecular complexity index is 589. The topological polar surface area (TPSA) is 24.9 Å². The molecule has 2 nitrogen and oxygen atoms in total. The second kappa shape index (κ2) is 5.45. The lowest BCUT2D eigenvalue weighted by molar-refractivity contribution is 0.400. The van der Waals surface area contributed by atoms with Crippen LogP contribution >= 0.6 is 11.3 Å². The number of nitrogens with one attached hydrogen (secondary N) is 1. The monoisotopic (exact) mass is 288 g/mol. The zero-order valence-corrected chi connectivity index (χ0v) is 13.5. The van der Waals surface area contributed by atoms with Crippen LogP contribution < -0.4 is 5.32 Å². The predicted octanol–water partition coefficient (Wildman–Crippen LogP) is 4.28. The molecular weight excluding hydrogens is 264 g/mol. The Morgan fingerprint density at radius 3 is 2.85 bits per heavy atom. The lowest BCUT2D eigenvalue weighted by atomic mass is 9.96. The van der Waals surface area contributed by atoms with Crippen molar-refractivity contribution >= 4 is 21.6 Å². The second-order valence-corrected chi connectivity index (χ2v) is 7.91. The summed E-state index contributed by atoms with van der Waals surface area (Å²) in [5.74, 6) is 0. The summed E-state index contributed by atoms with van der Waals surface area (Å²) in [6.45, 7) is 7.90. The van der Waals surface area contributed by atoms with Crippen LogP contribution in [0.15, 0.2) is 18.2 Å². The van der Waals surface area contributed by atoms with Crippen molar-refractivity contribution < 1.29 is 0 Å². The summed E-state index contributed by atoms with van der Waals surface area (Å²) in [6, 6.07) is 7.28. The van der Waals surface area contributed by atoms with E-state index < -0.39 is 0 Å². The number of piperidine rings is 1. The van der Waals surface area contributed by atoms with Gasteiger partial charge < -0.3 is 5.32 Å². The van der Waals surface area contributed by atoms with Gasteiger partial charge in [0.25, 0.3) is 0 Å². The minimum Gasteiger partial charge on any atom is -0.314 e. The molecular formula is C17H24N2S. The third-order valence-electron chi connectivity index (χ3n) is 4.02. The molecule has 1 aliphatic rings. The van der Waals surface area contributed by atoms with E-state index in [9.17, 15) is 0 Å². The van der Waals surface area contributed by atoms with Crippen LogP contribution in [0.4, 0.5) is 0 Å². The maximum absolute atomic E-state index is 4.94. The van der Waals surface area contributed by atoms with Gasteiger partial charge in [-0.1, -0.05) is 39.3 Å². The molecule has 20 heavy (non-hydrogen) atoms. The van der Waals surface area contributed by atoms with Gasteiger partial charge >= 0.3 is 0 Å². The average Bonchev–Trinajstić information content (AvgIpc) is 2.85. The van der Waals surface area contributed by atoms with Gasteiger partial charge in [-0.15, -0.1) is 11.3 Å². The highest BCUT2D eigenvalue weighted by Gasteiger charge is 2.21. The van der Waals surface area contributed by atoms with E-state index in [-0.39, 0.29) is 5.41 Å². The molecule has 2 aromatic rings. The molecule has 1 atom stereocenters. The van der Waals surface area contributed by atoms with Crippen molar-refractivity contribution in [1.82, 2.24) is 10.3 Å². The Kier molecular flexibility index (Phi) is 3.83. The fraction of sp³-hybridized carbons (Fsp3) is 0.588. The molecule has 0 radical (unpaired) electrons. The minimum absolute atomic E-state index is 0.143. The highest BCUT2D eigenvalue weighted by atomic mass is 32.1. The number of fused-ring (bicyclic) bond motifs is 1. The maximum atomic E-state index is 4.94. The second-order valence-electron chi connectivity index (χ2n) is 6.88. The molecule has 3 heteroatoms. The zero-order valence-electron chi connectivity index (χ0n) is 12.7. The number of rotatable bonds is 2. The first-order valence-corrected chi connectivity index (χ1v) is 8.48. The summed E-state index contributed by atoms with van der Waals surface area (Å²) in [5.41, 5.74) is 2.78. The van der Waals surface area contributed by atoms with Crippen LogP contribution in [0.5, 0.6) is 0 Å². The first kappa shape index (κ1) is 14.0. The average molecular weight is 288 g/mol. The molecule has 2 heterocycles. The quantitative estimate of drug-likeness (QED) is 0.892. The fourth-order valence-corrected chi connectivity index (χ4v) is 3.93. The molecule has 0 amide bonds. The Hall–Kier alpha value is -0.930. The summed E-state index contributed by atoms with van der Waals surface area (Å²) in [4.78, 5) is 4.94. The van der Waals surface area contributed by atoms with Gasteiger partial charge in [0.1, 0.15) is 0 Å². The summed E-state index contributed by atoms with van der Waals surface area (Å²) < 4.78 is 1.34. The smallest absolute Gasteiger partial charge is 0.0992 e. The summed E-state index contributed by atoms with van der Waals surface area (Å²) >= 11 is 1.85. The first-order valence-electron chi connectivity index (χ1n) is 7.66. The number of nitrogens with zero attached hydrogens (tertiary/aromatic N) is 1. The van der Waals surface area contributed by atoms with E-state index in [1.165, 1.54) is 46.6 Å². The molecule has 1 aromatic heterocycles. The van der Waals surface area contributed by atoms with E-state index in [1.54, 1.807) is 0 Å². The Labute approximate surface area is 125 Å². The number of para-hydroxylation sites is 1. The van der Waals surface area contributed by atoms with Crippen LogP contribution in [0, 0.1) is 0 Å². The van der Waals surface area contributed by atoms with Crippen molar-refractivity contribution in [1.29, 1.82) is 0 Å². The van der Waals surface area contributed by atoms with Crippen molar-refractivity contribution in [2.45, 2.75) is 57.9 Å². The number of benzene rings is 1. The van der Waals surface area contributed by atoms with Gasteiger partial charge in [-0.3, -0.25) is 0 Å². The standard InChI is InChI=1S/C17H24N2S/c1-17(2,3)16-19-15-12(7-6-9-14(15)20-16)11-13-8-4-5-10-18-13/h6-7,9,13,18H,4-5,8,10-11H2,1-3H3. The largest absolute Gasteiger partial charge is 0.314 e. The molecule has 0 spiro atoms. The van der Waals surface area contributed by atoms with Crippen molar-refractivity contribution in [3.63, 3.8) is 0 Å². The normalized spacial score (nSPS) is 20.4. The molecule has 1 fully saturated rings. The molecule has 0 aliphatic carbocycles. The number of hydrogen-bond donors (Lipinski definition) is 1. The molecule has 1 N–H and O–H groups in total. The molecule has 1 aliphatic heterocycles.